The van der Waals surface area contributed by atoms with E-state index in [0.717, 1.165) is 54.3 Å². The van der Waals surface area contributed by atoms with Gasteiger partial charge in [-0.25, -0.2) is 0 Å². The molecule has 1 fully saturated rings. The summed E-state index contributed by atoms with van der Waals surface area (Å²) in [6.07, 6.45) is 2.03. The van der Waals surface area contributed by atoms with Crippen molar-refractivity contribution in [2.24, 2.45) is 0 Å². The Morgan fingerprint density at radius 1 is 1.11 bits per heavy atom. The zero-order valence-corrected chi connectivity index (χ0v) is 22.0. The Hall–Kier alpha value is -3.86. The van der Waals surface area contributed by atoms with Crippen molar-refractivity contribution in [2.75, 3.05) is 43.3 Å². The summed E-state index contributed by atoms with van der Waals surface area (Å²) in [5, 5.41) is 19.0. The molecule has 3 aromatic carbocycles. The molecule has 0 amide bonds. The molecule has 0 aromatic heterocycles. The summed E-state index contributed by atoms with van der Waals surface area (Å²) in [7, 11) is 1.60. The number of methoxy groups -OCH3 is 1. The smallest absolute Gasteiger partial charge is 0.304 e. The second kappa shape index (κ2) is 13.1. The molecule has 0 radical (unpaired) electrons. The normalized spacial score (nSPS) is 15.9. The number of carbonyl (C=O) groups is 1. The molecule has 1 N–H and O–H groups in total. The highest BCUT2D eigenvalue weighted by atomic mass is 16.5. The van der Waals surface area contributed by atoms with E-state index in [1.54, 1.807) is 7.11 Å². The molecule has 7 nitrogen and oxygen atoms in total. The van der Waals surface area contributed by atoms with Crippen molar-refractivity contribution in [3.8, 4) is 6.07 Å². The van der Waals surface area contributed by atoms with Crippen molar-refractivity contribution in [1.29, 1.82) is 5.26 Å². The van der Waals surface area contributed by atoms with E-state index in [2.05, 4.69) is 47.1 Å². The number of rotatable bonds is 11. The van der Waals surface area contributed by atoms with Gasteiger partial charge in [-0.15, -0.1) is 0 Å². The number of carboxylic acids is 1. The monoisotopic (exact) mass is 513 g/mol. The maximum Gasteiger partial charge on any atom is 0.304 e. The molecule has 0 spiro atoms. The third-order valence-corrected chi connectivity index (χ3v) is 7.00. The first-order valence-corrected chi connectivity index (χ1v) is 13.1. The number of nitriles is 1. The van der Waals surface area contributed by atoms with Crippen LogP contribution in [0.15, 0.2) is 72.8 Å². The van der Waals surface area contributed by atoms with Crippen LogP contribution in [0.2, 0.25) is 0 Å². The number of benzene rings is 3. The van der Waals surface area contributed by atoms with E-state index < -0.39 is 5.97 Å². The van der Waals surface area contributed by atoms with Crippen molar-refractivity contribution in [1.82, 2.24) is 0 Å². The number of carboxylic acid groups (broad SMARTS) is 1. The zero-order chi connectivity index (χ0) is 26.9. The molecule has 0 saturated carbocycles. The average molecular weight is 514 g/mol. The number of likely N-dealkylation sites (N-methyl/N-ethyl adjacent to an activating group) is 1. The van der Waals surface area contributed by atoms with E-state index >= 15 is 0 Å². The minimum Gasteiger partial charge on any atom is -0.481 e. The molecule has 0 aliphatic carbocycles. The maximum atomic E-state index is 11.7. The van der Waals surface area contributed by atoms with Crippen LogP contribution in [0.5, 0.6) is 0 Å². The van der Waals surface area contributed by atoms with Gasteiger partial charge in [-0.2, -0.15) is 5.26 Å². The van der Waals surface area contributed by atoms with Gasteiger partial charge >= 0.3 is 5.97 Å². The van der Waals surface area contributed by atoms with Crippen LogP contribution < -0.4 is 9.80 Å². The lowest BCUT2D eigenvalue weighted by atomic mass is 9.94. The maximum absolute atomic E-state index is 11.7. The average Bonchev–Trinajstić information content (AvgIpc) is 2.95. The Bertz CT molecular complexity index is 1230. The first kappa shape index (κ1) is 27.2. The van der Waals surface area contributed by atoms with Crippen LogP contribution in [0.3, 0.4) is 0 Å². The van der Waals surface area contributed by atoms with Gasteiger partial charge in [0.1, 0.15) is 0 Å². The summed E-state index contributed by atoms with van der Waals surface area (Å²) < 4.78 is 11.3. The fraction of sp³-hybridized carbons (Fsp3) is 0.355. The van der Waals surface area contributed by atoms with E-state index in [4.69, 9.17) is 9.47 Å². The van der Waals surface area contributed by atoms with Gasteiger partial charge in [0.25, 0.3) is 0 Å². The quantitative estimate of drug-likeness (QED) is 0.325. The van der Waals surface area contributed by atoms with Gasteiger partial charge in [0.15, 0.2) is 0 Å². The van der Waals surface area contributed by atoms with Gasteiger partial charge in [0.2, 0.25) is 0 Å². The van der Waals surface area contributed by atoms with Crippen LogP contribution in [0.4, 0.5) is 22.7 Å². The van der Waals surface area contributed by atoms with Crippen LogP contribution in [0.1, 0.15) is 43.2 Å². The molecule has 1 aliphatic heterocycles. The summed E-state index contributed by atoms with van der Waals surface area (Å²) in [5.41, 5.74) is 5.35. The minimum atomic E-state index is -0.862. The topological polar surface area (TPSA) is 86.0 Å². The van der Waals surface area contributed by atoms with Gasteiger partial charge in [0.05, 0.1) is 48.7 Å². The summed E-state index contributed by atoms with van der Waals surface area (Å²) in [6.45, 7) is 4.71. The summed E-state index contributed by atoms with van der Waals surface area (Å²) in [5.74, 6) is -1.16. The predicted octanol–water partition coefficient (Wildman–Crippen LogP) is 6.24. The second-order valence-corrected chi connectivity index (χ2v) is 9.48. The largest absolute Gasteiger partial charge is 0.481 e. The van der Waals surface area contributed by atoms with Crippen LogP contribution >= 0.6 is 0 Å². The molecule has 38 heavy (non-hydrogen) atoms. The lowest BCUT2D eigenvalue weighted by Crippen LogP contribution is -2.41. The van der Waals surface area contributed by atoms with Crippen LogP contribution in [0.25, 0.3) is 0 Å². The van der Waals surface area contributed by atoms with Gasteiger partial charge in [0, 0.05) is 37.6 Å². The summed E-state index contributed by atoms with van der Waals surface area (Å²) in [4.78, 5) is 16.3. The van der Waals surface area contributed by atoms with Crippen molar-refractivity contribution in [3.63, 3.8) is 0 Å². The Balaban J connectivity index is 1.92. The fourth-order valence-electron chi connectivity index (χ4n) is 5.19. The second-order valence-electron chi connectivity index (χ2n) is 9.48. The van der Waals surface area contributed by atoms with E-state index in [0.29, 0.717) is 18.8 Å². The molecule has 7 heteroatoms. The molecule has 198 valence electrons. The molecular weight excluding hydrogens is 478 g/mol. The number of hydrogen-bond acceptors (Lipinski definition) is 6. The van der Waals surface area contributed by atoms with Crippen molar-refractivity contribution >= 4 is 28.7 Å². The molecule has 1 saturated heterocycles. The number of nitrogens with zero attached hydrogens (tertiary/aromatic N) is 3. The van der Waals surface area contributed by atoms with Crippen molar-refractivity contribution < 1.29 is 19.4 Å². The third kappa shape index (κ3) is 6.34. The third-order valence-electron chi connectivity index (χ3n) is 7.00. The number of anilines is 4. The van der Waals surface area contributed by atoms with Crippen LogP contribution in [-0.2, 0) is 14.3 Å². The summed E-state index contributed by atoms with van der Waals surface area (Å²) >= 11 is 0. The van der Waals surface area contributed by atoms with Crippen molar-refractivity contribution in [3.05, 3.63) is 83.9 Å². The first-order valence-electron chi connectivity index (χ1n) is 13.1. The first-order chi connectivity index (χ1) is 18.5. The Kier molecular flexibility index (Phi) is 9.36. The Morgan fingerprint density at radius 2 is 1.84 bits per heavy atom. The molecule has 3 aromatic rings. The highest BCUT2D eigenvalue weighted by Gasteiger charge is 2.27. The molecular formula is C31H35N3O4. The number of para-hydroxylation sites is 1. The lowest BCUT2D eigenvalue weighted by molar-refractivity contribution is -0.137. The molecule has 0 bridgehead atoms. The molecule has 2 atom stereocenters. The fourth-order valence-corrected chi connectivity index (χ4v) is 5.19. The highest BCUT2D eigenvalue weighted by Crippen LogP contribution is 2.43. The molecule has 1 heterocycles. The number of hydrogen-bond donors (Lipinski definition) is 1. The Labute approximate surface area is 224 Å². The van der Waals surface area contributed by atoms with Gasteiger partial charge in [-0.05, 0) is 73.9 Å². The highest BCUT2D eigenvalue weighted by molar-refractivity contribution is 5.86. The van der Waals surface area contributed by atoms with Crippen LogP contribution in [0, 0.1) is 11.3 Å². The SMILES string of the molecule is CCN(c1ccc(C(COC)CC(=O)O)cc1N(c1ccccc1)c1ccc(C#N)cc1)C1CCCOC1. The van der Waals surface area contributed by atoms with Crippen molar-refractivity contribution in [2.45, 2.75) is 38.1 Å². The van der Waals surface area contributed by atoms with E-state index in [9.17, 15) is 15.2 Å². The van der Waals surface area contributed by atoms with E-state index in [-0.39, 0.29) is 18.4 Å². The van der Waals surface area contributed by atoms with E-state index in [1.807, 2.05) is 48.5 Å². The standard InChI is InChI=1S/C31H35N3O4/c1-3-33(28-10-7-17-38-22-28)29-16-13-24(25(21-37-2)19-31(35)36)18-30(29)34(26-8-5-4-6-9-26)27-14-11-23(20-32)12-15-27/h4-6,8-9,11-16,18,25,28H,3,7,10,17,19,21-22H2,1-2H3,(H,35,36). The van der Waals surface area contributed by atoms with Crippen LogP contribution in [-0.4, -0.2) is 50.6 Å². The summed E-state index contributed by atoms with van der Waals surface area (Å²) in [6, 6.07) is 26.3. The Morgan fingerprint density at radius 3 is 2.45 bits per heavy atom. The van der Waals surface area contributed by atoms with Gasteiger partial charge in [-0.1, -0.05) is 24.3 Å². The van der Waals surface area contributed by atoms with E-state index in [1.165, 1.54) is 0 Å². The van der Waals surface area contributed by atoms with Gasteiger partial charge < -0.3 is 24.4 Å². The molecule has 4 rings (SSSR count). The predicted molar refractivity (Wildman–Crippen MR) is 150 cm³/mol. The minimum absolute atomic E-state index is 0.0250. The lowest BCUT2D eigenvalue weighted by Gasteiger charge is -2.39. The van der Waals surface area contributed by atoms with Gasteiger partial charge in [-0.3, -0.25) is 4.79 Å². The number of ether oxygens (including phenoxy) is 2. The zero-order valence-electron chi connectivity index (χ0n) is 22.0. The number of aliphatic carboxylic acids is 1. The molecule has 2 unspecified atom stereocenters. The molecule has 1 aliphatic rings.